The summed E-state index contributed by atoms with van der Waals surface area (Å²) in [4.78, 5) is 31.0. The van der Waals surface area contributed by atoms with Gasteiger partial charge in [-0.3, -0.25) is 9.79 Å². The summed E-state index contributed by atoms with van der Waals surface area (Å²) in [6.45, 7) is 6.21. The first-order valence-corrected chi connectivity index (χ1v) is 12.5. The molecule has 6 rings (SSSR count). The number of aryl methyl sites for hydroxylation is 1. The fraction of sp³-hybridized carbons (Fsp3) is 0.440. The predicted octanol–water partition coefficient (Wildman–Crippen LogP) is 4.11. The Balaban J connectivity index is 1.26. The number of thiophene rings is 1. The Kier molecular flexibility index (Phi) is 5.14. The third kappa shape index (κ3) is 3.81. The first-order chi connectivity index (χ1) is 16.0. The summed E-state index contributed by atoms with van der Waals surface area (Å²) in [5, 5.41) is 4.62. The summed E-state index contributed by atoms with van der Waals surface area (Å²) in [7, 11) is 0. The number of hydrogen-bond donors (Lipinski definition) is 1. The number of carbonyl (C=O) groups is 1. The zero-order valence-electron chi connectivity index (χ0n) is 18.9. The van der Waals surface area contributed by atoms with E-state index < -0.39 is 0 Å². The Morgan fingerprint density at radius 1 is 1.21 bits per heavy atom. The van der Waals surface area contributed by atoms with Crippen LogP contribution in [0.5, 0.6) is 0 Å². The average molecular weight is 462 g/mol. The van der Waals surface area contributed by atoms with Gasteiger partial charge in [-0.1, -0.05) is 6.07 Å². The summed E-state index contributed by atoms with van der Waals surface area (Å²) in [5.74, 6) is 1.14. The van der Waals surface area contributed by atoms with Crippen LogP contribution in [0.25, 0.3) is 10.2 Å². The molecular weight excluding hydrogens is 434 g/mol. The van der Waals surface area contributed by atoms with Gasteiger partial charge in [0.05, 0.1) is 24.1 Å². The van der Waals surface area contributed by atoms with E-state index in [1.165, 1.54) is 16.0 Å². The Labute approximate surface area is 196 Å². The summed E-state index contributed by atoms with van der Waals surface area (Å²) >= 11 is 1.71. The van der Waals surface area contributed by atoms with Crippen molar-refractivity contribution in [3.63, 3.8) is 0 Å². The van der Waals surface area contributed by atoms with E-state index in [-0.39, 0.29) is 24.0 Å². The average Bonchev–Trinajstić information content (AvgIpc) is 3.41. The van der Waals surface area contributed by atoms with Crippen molar-refractivity contribution in [1.82, 2.24) is 14.9 Å². The van der Waals surface area contributed by atoms with Gasteiger partial charge in [0.25, 0.3) is 0 Å². The van der Waals surface area contributed by atoms with Crippen LogP contribution in [0.3, 0.4) is 0 Å². The minimum absolute atomic E-state index is 0.0310. The van der Waals surface area contributed by atoms with Crippen LogP contribution < -0.4 is 5.32 Å². The number of ether oxygens (including phenoxy) is 1. The molecule has 1 saturated heterocycles. The number of nitrogens with one attached hydrogen (secondary N) is 1. The molecule has 2 aliphatic heterocycles. The van der Waals surface area contributed by atoms with Crippen LogP contribution in [-0.2, 0) is 28.9 Å². The lowest BCUT2D eigenvalue weighted by atomic mass is 9.86. The molecule has 8 heteroatoms. The van der Waals surface area contributed by atoms with Crippen LogP contribution >= 0.6 is 11.3 Å². The van der Waals surface area contributed by atoms with Crippen molar-refractivity contribution in [2.24, 2.45) is 10.9 Å². The largest absolute Gasteiger partial charge is 0.372 e. The number of fused-ring (bicyclic) bond motifs is 4. The van der Waals surface area contributed by atoms with Crippen LogP contribution in [0, 0.1) is 5.92 Å². The Bertz CT molecular complexity index is 1260. The van der Waals surface area contributed by atoms with E-state index in [4.69, 9.17) is 4.74 Å². The molecule has 0 unspecified atom stereocenters. The van der Waals surface area contributed by atoms with E-state index in [2.05, 4.69) is 38.5 Å². The summed E-state index contributed by atoms with van der Waals surface area (Å²) < 4.78 is 5.82. The van der Waals surface area contributed by atoms with Crippen molar-refractivity contribution in [3.8, 4) is 0 Å². The van der Waals surface area contributed by atoms with Gasteiger partial charge in [-0.05, 0) is 61.9 Å². The fourth-order valence-corrected chi connectivity index (χ4v) is 6.61. The molecule has 1 amide bonds. The summed E-state index contributed by atoms with van der Waals surface area (Å²) in [6.07, 6.45) is 6.26. The number of aliphatic imine (C=N–C) groups is 1. The highest BCUT2D eigenvalue weighted by Gasteiger charge is 2.34. The highest BCUT2D eigenvalue weighted by Crippen LogP contribution is 2.41. The number of carbonyl (C=O) groups excluding carboxylic acids is 1. The maximum Gasteiger partial charge on any atom is 0.226 e. The van der Waals surface area contributed by atoms with Gasteiger partial charge in [0.2, 0.25) is 5.91 Å². The van der Waals surface area contributed by atoms with Gasteiger partial charge >= 0.3 is 0 Å². The molecule has 0 spiro atoms. The van der Waals surface area contributed by atoms with E-state index in [0.717, 1.165) is 53.1 Å². The molecule has 7 nitrogen and oxygen atoms in total. The molecule has 0 bridgehead atoms. The highest BCUT2D eigenvalue weighted by molar-refractivity contribution is 7.19. The maximum atomic E-state index is 13.3. The molecule has 170 valence electrons. The Morgan fingerprint density at radius 3 is 2.91 bits per heavy atom. The second kappa shape index (κ2) is 8.18. The van der Waals surface area contributed by atoms with Gasteiger partial charge in [-0.2, -0.15) is 0 Å². The Hall–Kier alpha value is -2.84. The van der Waals surface area contributed by atoms with Gasteiger partial charge in [-0.25, -0.2) is 9.97 Å². The smallest absolute Gasteiger partial charge is 0.226 e. The zero-order chi connectivity index (χ0) is 22.5. The lowest BCUT2D eigenvalue weighted by Crippen LogP contribution is -2.50. The van der Waals surface area contributed by atoms with Crippen molar-refractivity contribution >= 4 is 45.2 Å². The third-order valence-electron chi connectivity index (χ3n) is 6.83. The molecule has 0 radical (unpaired) electrons. The van der Waals surface area contributed by atoms with Crippen LogP contribution in [0.2, 0.25) is 0 Å². The minimum atomic E-state index is 0.0310. The number of amides is 1. The Morgan fingerprint density at radius 2 is 2.06 bits per heavy atom. The van der Waals surface area contributed by atoms with Gasteiger partial charge in [0.1, 0.15) is 17.0 Å². The quantitative estimate of drug-likeness (QED) is 0.635. The van der Waals surface area contributed by atoms with E-state index in [0.29, 0.717) is 13.1 Å². The van der Waals surface area contributed by atoms with E-state index in [1.807, 2.05) is 25.0 Å². The minimum Gasteiger partial charge on any atom is -0.372 e. The molecule has 1 aromatic carbocycles. The molecule has 3 atom stereocenters. The highest BCUT2D eigenvalue weighted by atomic mass is 32.1. The lowest BCUT2D eigenvalue weighted by molar-refractivity contribution is -0.147. The lowest BCUT2D eigenvalue weighted by Gasteiger charge is -2.37. The molecule has 4 heterocycles. The number of morpholine rings is 1. The van der Waals surface area contributed by atoms with Gasteiger partial charge in [0.15, 0.2) is 0 Å². The SMILES string of the molecule is C[C@@H]1CN(C(=O)[C@H]2CCc3c(sc4ncnc(Nc5ccc6c(c5)C=NC6)c34)C2)C[C@H](C)O1. The van der Waals surface area contributed by atoms with Crippen molar-refractivity contribution in [1.29, 1.82) is 0 Å². The second-order valence-corrected chi connectivity index (χ2v) is 10.4. The molecule has 1 aliphatic carbocycles. The molecule has 1 fully saturated rings. The number of aromatic nitrogens is 2. The summed E-state index contributed by atoms with van der Waals surface area (Å²) in [6, 6.07) is 6.33. The maximum absolute atomic E-state index is 13.3. The molecule has 1 N–H and O–H groups in total. The van der Waals surface area contributed by atoms with Crippen molar-refractivity contribution in [2.75, 3.05) is 18.4 Å². The third-order valence-corrected chi connectivity index (χ3v) is 7.99. The predicted molar refractivity (Wildman–Crippen MR) is 131 cm³/mol. The first kappa shape index (κ1) is 20.7. The topological polar surface area (TPSA) is 79.7 Å². The zero-order valence-corrected chi connectivity index (χ0v) is 19.7. The van der Waals surface area contributed by atoms with Crippen molar-refractivity contribution in [2.45, 2.75) is 51.9 Å². The number of anilines is 2. The molecule has 33 heavy (non-hydrogen) atoms. The van der Waals surface area contributed by atoms with Gasteiger partial charge in [0, 0.05) is 35.8 Å². The summed E-state index contributed by atoms with van der Waals surface area (Å²) in [5.41, 5.74) is 4.71. The van der Waals surface area contributed by atoms with Gasteiger partial charge < -0.3 is 15.0 Å². The number of nitrogens with zero attached hydrogens (tertiary/aromatic N) is 4. The molecule has 3 aliphatic rings. The van der Waals surface area contributed by atoms with E-state index in [9.17, 15) is 4.79 Å². The fourth-order valence-electron chi connectivity index (χ4n) is 5.35. The number of hydrogen-bond acceptors (Lipinski definition) is 7. The number of benzene rings is 1. The first-order valence-electron chi connectivity index (χ1n) is 11.6. The molecule has 3 aromatic rings. The molecular formula is C25H27N5O2S. The number of rotatable bonds is 3. The van der Waals surface area contributed by atoms with Crippen LogP contribution in [0.1, 0.15) is 41.8 Å². The van der Waals surface area contributed by atoms with Crippen molar-refractivity contribution in [3.05, 3.63) is 46.1 Å². The van der Waals surface area contributed by atoms with Crippen LogP contribution in [-0.4, -0.2) is 52.3 Å². The second-order valence-electron chi connectivity index (χ2n) is 9.35. The van der Waals surface area contributed by atoms with E-state index >= 15 is 0 Å². The molecule has 0 saturated carbocycles. The standard InChI is InChI=1S/C25H27N5O2S/c1-14-11-30(12-15(2)32-14)25(31)16-4-6-20-21(8-16)33-24-22(20)23(27-13-28-24)29-19-5-3-17-9-26-10-18(17)7-19/h3,5,7,10,13-16H,4,6,8-9,11-12H2,1-2H3,(H,27,28,29)/t14-,15+,16-/m0/s1. The van der Waals surface area contributed by atoms with Crippen molar-refractivity contribution < 1.29 is 9.53 Å². The van der Waals surface area contributed by atoms with Crippen LogP contribution in [0.4, 0.5) is 11.5 Å². The normalized spacial score (nSPS) is 24.1. The monoisotopic (exact) mass is 461 g/mol. The van der Waals surface area contributed by atoms with E-state index in [1.54, 1.807) is 17.7 Å². The van der Waals surface area contributed by atoms with Gasteiger partial charge in [-0.15, -0.1) is 11.3 Å². The molecule has 2 aromatic heterocycles. The van der Waals surface area contributed by atoms with Crippen LogP contribution in [0.15, 0.2) is 29.5 Å².